The molecule has 8 nitrogen and oxygen atoms in total. The number of halogens is 5. The zero-order valence-electron chi connectivity index (χ0n) is 24.4. The number of carbonyl (C=O) groups excluding carboxylic acids is 2. The largest absolute Gasteiger partial charge is 0.588 e. The molecule has 1 heterocycles. The van der Waals surface area contributed by atoms with E-state index in [9.17, 15) is 31.7 Å². The topological polar surface area (TPSA) is 121 Å². The molecule has 0 fully saturated rings. The number of anilines is 1. The first-order valence-electron chi connectivity index (χ1n) is 12.8. The van der Waals surface area contributed by atoms with E-state index in [1.165, 1.54) is 78.9 Å². The molecule has 0 aliphatic rings. The molecule has 0 radical (unpaired) electrons. The van der Waals surface area contributed by atoms with Gasteiger partial charge in [0, 0.05) is 17.3 Å². The minimum absolute atomic E-state index is 0.0317. The Bertz CT molecular complexity index is 1560. The molecule has 0 bridgehead atoms. The second-order valence-corrected chi connectivity index (χ2v) is 13.2. The summed E-state index contributed by atoms with van der Waals surface area (Å²) in [5.41, 5.74) is 1.50. The van der Waals surface area contributed by atoms with Crippen molar-refractivity contribution in [3.63, 3.8) is 0 Å². The Balaban J connectivity index is 2.15. The summed E-state index contributed by atoms with van der Waals surface area (Å²) in [6, 6.07) is 8.73. The molecule has 0 saturated heterocycles. The van der Waals surface area contributed by atoms with Gasteiger partial charge in [-0.05, 0) is 56.5 Å². The van der Waals surface area contributed by atoms with Gasteiger partial charge in [-0.25, -0.2) is 4.98 Å². The fourth-order valence-corrected chi connectivity index (χ4v) is 5.59. The molecular weight excluding hydrogens is 612 g/mol. The van der Waals surface area contributed by atoms with Crippen molar-refractivity contribution >= 4 is 40.5 Å². The van der Waals surface area contributed by atoms with Gasteiger partial charge in [-0.2, -0.15) is 21.9 Å². The average Bonchev–Trinajstić information content (AvgIpc) is 2.87. The zero-order valence-corrected chi connectivity index (χ0v) is 26.0. The summed E-state index contributed by atoms with van der Waals surface area (Å²) in [4.78, 5) is 30.0. The van der Waals surface area contributed by atoms with E-state index in [0.717, 1.165) is 16.4 Å². The molecule has 0 aliphatic heterocycles. The van der Waals surface area contributed by atoms with Crippen molar-refractivity contribution < 1.29 is 36.4 Å². The molecule has 3 N–H and O–H groups in total. The normalized spacial score (nSPS) is 13.0. The highest BCUT2D eigenvalue weighted by Crippen LogP contribution is 2.49. The van der Waals surface area contributed by atoms with Crippen LogP contribution in [0.3, 0.4) is 0 Å². The van der Waals surface area contributed by atoms with Gasteiger partial charge in [0.1, 0.15) is 22.9 Å². The maximum absolute atomic E-state index is 14.3. The SMILES string of the molecule is Cc1nc(F)ccc1Oc1c(C(=O)Nc2cccc([S+]([O-])N(C)C(=O)C(C)(C)N)c2)cc(Cl)c(C(F)(F)F)c1C(C)(C)C. The van der Waals surface area contributed by atoms with Gasteiger partial charge in [0.25, 0.3) is 11.8 Å². The van der Waals surface area contributed by atoms with Gasteiger partial charge in [-0.3, -0.25) is 9.59 Å². The summed E-state index contributed by atoms with van der Waals surface area (Å²) in [5.74, 6) is -2.86. The van der Waals surface area contributed by atoms with E-state index in [1.807, 2.05) is 0 Å². The van der Waals surface area contributed by atoms with Crippen LogP contribution in [0.2, 0.25) is 5.02 Å². The van der Waals surface area contributed by atoms with Crippen LogP contribution >= 0.6 is 11.6 Å². The van der Waals surface area contributed by atoms with Crippen LogP contribution in [0.15, 0.2) is 47.4 Å². The summed E-state index contributed by atoms with van der Waals surface area (Å²) >= 11 is 4.16. The lowest BCUT2D eigenvalue weighted by Crippen LogP contribution is -2.51. The number of rotatable bonds is 7. The highest BCUT2D eigenvalue weighted by Gasteiger charge is 2.43. The molecule has 3 rings (SSSR count). The van der Waals surface area contributed by atoms with Gasteiger partial charge in [0.05, 0.1) is 34.4 Å². The molecule has 1 unspecified atom stereocenters. The molecule has 1 aromatic heterocycles. The number of likely N-dealkylation sites (N-methyl/N-ethyl adjacent to an activating group) is 1. The van der Waals surface area contributed by atoms with E-state index < -0.39 is 68.2 Å². The number of pyridine rings is 1. The number of ether oxygens (including phenoxy) is 1. The second kappa shape index (κ2) is 12.3. The molecule has 2 aromatic carbocycles. The number of nitrogens with two attached hydrogens (primary N) is 1. The molecular formula is C29H31ClF4N4O4S. The van der Waals surface area contributed by atoms with E-state index >= 15 is 0 Å². The first-order valence-corrected chi connectivity index (χ1v) is 14.3. The fourth-order valence-electron chi connectivity index (χ4n) is 4.16. The third-order valence-corrected chi connectivity index (χ3v) is 7.72. The van der Waals surface area contributed by atoms with Gasteiger partial charge >= 0.3 is 6.18 Å². The Labute approximate surface area is 254 Å². The summed E-state index contributed by atoms with van der Waals surface area (Å²) in [6.45, 7) is 8.81. The van der Waals surface area contributed by atoms with E-state index in [0.29, 0.717) is 0 Å². The predicted octanol–water partition coefficient (Wildman–Crippen LogP) is 6.76. The van der Waals surface area contributed by atoms with E-state index in [1.54, 1.807) is 0 Å². The van der Waals surface area contributed by atoms with Gasteiger partial charge in [0.2, 0.25) is 5.95 Å². The second-order valence-electron chi connectivity index (χ2n) is 11.3. The maximum atomic E-state index is 14.3. The van der Waals surface area contributed by atoms with Crippen molar-refractivity contribution in [3.05, 3.63) is 75.8 Å². The average molecular weight is 643 g/mol. The number of carbonyl (C=O) groups is 2. The van der Waals surface area contributed by atoms with Crippen LogP contribution in [0.4, 0.5) is 23.2 Å². The maximum Gasteiger partial charge on any atom is 0.418 e. The number of alkyl halides is 3. The van der Waals surface area contributed by atoms with Crippen molar-refractivity contribution in [2.45, 2.75) is 63.6 Å². The Hall–Kier alpha value is -3.39. The smallest absolute Gasteiger partial charge is 0.418 e. The van der Waals surface area contributed by atoms with Gasteiger partial charge in [0.15, 0.2) is 4.90 Å². The summed E-state index contributed by atoms with van der Waals surface area (Å²) in [5, 5.41) is 1.84. The molecule has 43 heavy (non-hydrogen) atoms. The summed E-state index contributed by atoms with van der Waals surface area (Å²) < 4.78 is 76.5. The molecule has 0 spiro atoms. The van der Waals surface area contributed by atoms with E-state index in [4.69, 9.17) is 22.1 Å². The van der Waals surface area contributed by atoms with Crippen LogP contribution in [-0.4, -0.2) is 38.2 Å². The molecule has 0 aliphatic carbocycles. The lowest BCUT2D eigenvalue weighted by Gasteiger charge is -2.29. The molecule has 3 aromatic rings. The molecule has 2 amide bonds. The predicted molar refractivity (Wildman–Crippen MR) is 156 cm³/mol. The fraction of sp³-hybridized carbons (Fsp3) is 0.345. The molecule has 14 heteroatoms. The number of nitrogens with zero attached hydrogens (tertiary/aromatic N) is 2. The first-order chi connectivity index (χ1) is 19.6. The van der Waals surface area contributed by atoms with Crippen molar-refractivity contribution in [1.82, 2.24) is 9.29 Å². The zero-order chi connectivity index (χ0) is 32.7. The van der Waals surface area contributed by atoms with Gasteiger partial charge < -0.3 is 20.3 Å². The van der Waals surface area contributed by atoms with Crippen LogP contribution in [-0.2, 0) is 27.7 Å². The van der Waals surface area contributed by atoms with Crippen molar-refractivity contribution in [2.75, 3.05) is 12.4 Å². The third-order valence-electron chi connectivity index (χ3n) is 6.10. The standard InChI is InChI=1S/C29H31ClF4N4O4S/c1-15-20(11-12-21(31)36-15)42-24-18(14-19(30)22(29(32,33)34)23(24)27(2,3)4)25(39)37-16-9-8-10-17(13-16)43(41)38(7)26(40)28(5,6)35/h8-14H,35H2,1-7H3,(H,37,39). The Kier molecular flexibility index (Phi) is 9.76. The van der Waals surface area contributed by atoms with Gasteiger partial charge in [-0.15, -0.1) is 0 Å². The number of benzene rings is 2. The highest BCUT2D eigenvalue weighted by molar-refractivity contribution is 7.89. The minimum atomic E-state index is -4.91. The number of hydrogen-bond donors (Lipinski definition) is 2. The van der Waals surface area contributed by atoms with Crippen LogP contribution < -0.4 is 15.8 Å². The van der Waals surface area contributed by atoms with Crippen LogP contribution in [0.25, 0.3) is 0 Å². The number of amides is 2. The van der Waals surface area contributed by atoms with Crippen LogP contribution in [0.5, 0.6) is 11.5 Å². The Morgan fingerprint density at radius 3 is 2.23 bits per heavy atom. The monoisotopic (exact) mass is 642 g/mol. The number of aryl methyl sites for hydroxylation is 1. The number of nitrogens with one attached hydrogen (secondary N) is 1. The summed E-state index contributed by atoms with van der Waals surface area (Å²) in [6.07, 6.45) is -4.91. The summed E-state index contributed by atoms with van der Waals surface area (Å²) in [7, 11) is 1.31. The number of hydrogen-bond acceptors (Lipinski definition) is 6. The van der Waals surface area contributed by atoms with Gasteiger partial charge in [-0.1, -0.05) is 38.4 Å². The third kappa shape index (κ3) is 7.77. The highest BCUT2D eigenvalue weighted by atomic mass is 35.5. The molecule has 1 atom stereocenters. The first kappa shape index (κ1) is 34.1. The lowest BCUT2D eigenvalue weighted by molar-refractivity contribution is -0.138. The van der Waals surface area contributed by atoms with Crippen molar-refractivity contribution in [1.29, 1.82) is 0 Å². The van der Waals surface area contributed by atoms with E-state index in [2.05, 4.69) is 10.3 Å². The lowest BCUT2D eigenvalue weighted by atomic mass is 9.81. The molecule has 0 saturated carbocycles. The minimum Gasteiger partial charge on any atom is -0.588 e. The Morgan fingerprint density at radius 2 is 1.70 bits per heavy atom. The van der Waals surface area contributed by atoms with Crippen LogP contribution in [0.1, 0.15) is 61.8 Å². The van der Waals surface area contributed by atoms with E-state index in [-0.39, 0.29) is 27.6 Å². The van der Waals surface area contributed by atoms with Crippen LogP contribution in [0, 0.1) is 12.9 Å². The molecule has 232 valence electrons. The Morgan fingerprint density at radius 1 is 1.07 bits per heavy atom. The van der Waals surface area contributed by atoms with Crippen molar-refractivity contribution in [3.8, 4) is 11.5 Å². The quantitative estimate of drug-likeness (QED) is 0.167. The number of aromatic nitrogens is 1. The van der Waals surface area contributed by atoms with Crippen molar-refractivity contribution in [2.24, 2.45) is 5.73 Å².